The standard InChI is InChI=1S/C11H10BrN2O2.C2H6.HI.Os/c1-6-7-3-4-9(12)14-8(7)5-13-10(6)11(15)16-2;1-2;;/h3-4H,5H2,1-2H3;1-2H3;1H;/q-1;;;+1/p-1. The first-order valence-electron chi connectivity index (χ1n) is 5.89. The van der Waals surface area contributed by atoms with Crippen LogP contribution in [0, 0.1) is 0 Å². The third-order valence-corrected chi connectivity index (χ3v) is 2.91. The average Bonchev–Trinajstić information content (AvgIpc) is 2.51. The van der Waals surface area contributed by atoms with Crippen molar-refractivity contribution in [1.82, 2.24) is 4.98 Å². The molecule has 2 rings (SSSR count). The van der Waals surface area contributed by atoms with Crippen LogP contribution in [0.4, 0.5) is 0 Å². The molecule has 0 aliphatic carbocycles. The van der Waals surface area contributed by atoms with Crippen molar-refractivity contribution in [3.05, 3.63) is 39.0 Å². The molecule has 0 saturated heterocycles. The first-order chi connectivity index (χ1) is 9.63. The van der Waals surface area contributed by atoms with Gasteiger partial charge in [0.2, 0.25) is 0 Å². The zero-order valence-corrected chi connectivity index (χ0v) is 18.0. The van der Waals surface area contributed by atoms with Gasteiger partial charge in [-0.3, -0.25) is 0 Å². The second-order valence-electron chi connectivity index (χ2n) is 3.41. The van der Waals surface area contributed by atoms with Gasteiger partial charge < -0.3 is 10.1 Å². The molecule has 0 unspecified atom stereocenters. The number of nitrogens with zero attached hydrogens (tertiary/aromatic N) is 2. The third kappa shape index (κ3) is 5.08. The summed E-state index contributed by atoms with van der Waals surface area (Å²) >= 11 is 7.32. The molecule has 0 aromatic carbocycles. The molecule has 20 heavy (non-hydrogen) atoms. The van der Waals surface area contributed by atoms with Gasteiger partial charge in [0.15, 0.2) is 0 Å². The molecule has 0 spiro atoms. The van der Waals surface area contributed by atoms with Crippen LogP contribution in [0.25, 0.3) is 10.9 Å². The molecule has 0 atom stereocenters. The molecule has 1 aromatic heterocycles. The van der Waals surface area contributed by atoms with Gasteiger partial charge >= 0.3 is 40.7 Å². The van der Waals surface area contributed by atoms with E-state index in [1.165, 1.54) is 7.11 Å². The third-order valence-electron chi connectivity index (χ3n) is 2.47. The predicted octanol–water partition coefficient (Wildman–Crippen LogP) is 4.54. The van der Waals surface area contributed by atoms with Crippen molar-refractivity contribution in [3.63, 3.8) is 0 Å². The van der Waals surface area contributed by atoms with Crippen LogP contribution in [0.15, 0.2) is 22.4 Å². The van der Waals surface area contributed by atoms with E-state index in [1.54, 1.807) is 0 Å². The molecular weight excluding hydrogens is 613 g/mol. The van der Waals surface area contributed by atoms with Crippen molar-refractivity contribution in [2.75, 3.05) is 7.11 Å². The Bertz CT molecular complexity index is 495. The monoisotopic (exact) mass is 630 g/mol. The van der Waals surface area contributed by atoms with Gasteiger partial charge in [-0.2, -0.15) is 0 Å². The fraction of sp³-hybridized carbons (Fsp3) is 0.385. The van der Waals surface area contributed by atoms with E-state index in [-0.39, 0.29) is 0 Å². The molecule has 0 N–H and O–H groups in total. The predicted molar refractivity (Wildman–Crippen MR) is 89.0 cm³/mol. The molecule has 4 nitrogen and oxygen atoms in total. The van der Waals surface area contributed by atoms with Crippen LogP contribution in [0.3, 0.4) is 0 Å². The number of carbonyl (C=O) groups is 1. The summed E-state index contributed by atoms with van der Waals surface area (Å²) in [6, 6.07) is 3.78. The van der Waals surface area contributed by atoms with Crippen molar-refractivity contribution < 1.29 is 24.6 Å². The van der Waals surface area contributed by atoms with Crippen molar-refractivity contribution in [3.8, 4) is 0 Å². The van der Waals surface area contributed by atoms with Crippen LogP contribution in [-0.2, 0) is 31.1 Å². The number of hydrogen-bond acceptors (Lipinski definition) is 3. The summed E-state index contributed by atoms with van der Waals surface area (Å²) in [5.41, 5.74) is 3.03. The van der Waals surface area contributed by atoms with E-state index in [4.69, 9.17) is 0 Å². The summed E-state index contributed by atoms with van der Waals surface area (Å²) in [4.78, 5) is 15.8. The summed E-state index contributed by atoms with van der Waals surface area (Å²) < 4.78 is 5.45. The van der Waals surface area contributed by atoms with E-state index < -0.39 is 5.97 Å². The number of carbonyl (C=O) groups excluding carboxylic acids is 1. The van der Waals surface area contributed by atoms with Gasteiger partial charge in [0, 0.05) is 5.69 Å². The zero-order chi connectivity index (χ0) is 15.7. The quantitative estimate of drug-likeness (QED) is 0.261. The molecule has 0 fully saturated rings. The van der Waals surface area contributed by atoms with E-state index >= 15 is 0 Å². The molecule has 2 heterocycles. The summed E-state index contributed by atoms with van der Waals surface area (Å²) in [6.07, 6.45) is 0. The summed E-state index contributed by atoms with van der Waals surface area (Å²) in [7, 11) is 1.35. The van der Waals surface area contributed by atoms with Gasteiger partial charge in [0.1, 0.15) is 4.60 Å². The van der Waals surface area contributed by atoms with Gasteiger partial charge in [-0.1, -0.05) is 26.5 Å². The summed E-state index contributed by atoms with van der Waals surface area (Å²) in [5.74, 6) is -0.397. The van der Waals surface area contributed by atoms with Gasteiger partial charge in [0.25, 0.3) is 0 Å². The minimum absolute atomic E-state index is 0.388. The molecule has 0 amide bonds. The van der Waals surface area contributed by atoms with Crippen molar-refractivity contribution in [2.24, 2.45) is 0 Å². The fourth-order valence-electron chi connectivity index (χ4n) is 1.65. The maximum atomic E-state index is 11.5. The van der Waals surface area contributed by atoms with Gasteiger partial charge in [-0.25, -0.2) is 9.78 Å². The van der Waals surface area contributed by atoms with Crippen LogP contribution in [0.2, 0.25) is 0 Å². The van der Waals surface area contributed by atoms with Crippen molar-refractivity contribution >= 4 is 47.1 Å². The second-order valence-corrected chi connectivity index (χ2v) is 4.22. The molecule has 1 aliphatic rings. The Morgan fingerprint density at radius 1 is 1.45 bits per heavy atom. The van der Waals surface area contributed by atoms with Crippen LogP contribution >= 0.6 is 35.6 Å². The fourth-order valence-corrected chi connectivity index (χ4v) is 2.00. The van der Waals surface area contributed by atoms with E-state index in [0.29, 0.717) is 12.2 Å². The van der Waals surface area contributed by atoms with Gasteiger partial charge in [-0.05, 0) is 45.8 Å². The SMILES string of the molecule is CC.COC(=O)C1=C(C)c2ccc(Br)nc2C[N-]1.[I][Os]. The Balaban J connectivity index is 0.000000829. The molecule has 0 bridgehead atoms. The van der Waals surface area contributed by atoms with Crippen LogP contribution < -0.4 is 0 Å². The molecule has 1 aliphatic heterocycles. The number of pyridine rings is 1. The maximum absolute atomic E-state index is 11.5. The Kier molecular flexibility index (Phi) is 10.7. The second kappa shape index (κ2) is 10.7. The number of methoxy groups -OCH3 is 1. The van der Waals surface area contributed by atoms with Gasteiger partial charge in [0.05, 0.1) is 7.11 Å². The normalized spacial score (nSPS) is 11.9. The van der Waals surface area contributed by atoms with E-state index in [2.05, 4.69) is 50.6 Å². The number of allylic oxidation sites excluding steroid dienone is 1. The van der Waals surface area contributed by atoms with Crippen LogP contribution in [0.1, 0.15) is 32.0 Å². The van der Waals surface area contributed by atoms with Gasteiger partial charge in [-0.15, -0.1) is 0 Å². The molecule has 1 aromatic rings. The first kappa shape index (κ1) is 20.0. The van der Waals surface area contributed by atoms with E-state index in [1.807, 2.05) is 48.0 Å². The number of esters is 1. The molecule has 7 heteroatoms. The van der Waals surface area contributed by atoms with Crippen LogP contribution in [0.5, 0.6) is 0 Å². The number of halogens is 2. The molecule has 0 saturated carbocycles. The average molecular weight is 629 g/mol. The number of fused-ring (bicyclic) bond motifs is 1. The summed E-state index contributed by atoms with van der Waals surface area (Å²) in [6.45, 7) is 6.26. The number of ether oxygens (including phenoxy) is 1. The van der Waals surface area contributed by atoms with Crippen molar-refractivity contribution in [1.29, 1.82) is 0 Å². The zero-order valence-electron chi connectivity index (χ0n) is 11.7. The Morgan fingerprint density at radius 2 is 2.05 bits per heavy atom. The minimum atomic E-state index is -0.397. The Hall–Kier alpha value is 0.00636. The Morgan fingerprint density at radius 3 is 2.60 bits per heavy atom. The molecule has 113 valence electrons. The number of rotatable bonds is 1. The number of aromatic nitrogens is 1. The van der Waals surface area contributed by atoms with E-state index in [9.17, 15) is 4.79 Å². The van der Waals surface area contributed by atoms with E-state index in [0.717, 1.165) is 21.4 Å². The number of hydrogen-bond donors (Lipinski definition) is 0. The Labute approximate surface area is 149 Å². The summed E-state index contributed by atoms with van der Waals surface area (Å²) in [5, 5.41) is 4.19. The molecule has 0 radical (unpaired) electrons. The topological polar surface area (TPSA) is 53.3 Å². The van der Waals surface area contributed by atoms with Crippen LogP contribution in [-0.4, -0.2) is 18.1 Å². The molecular formula is C13H16BrIN2O2Os-. The van der Waals surface area contributed by atoms with Crippen molar-refractivity contribution in [2.45, 2.75) is 27.3 Å². The first-order valence-corrected chi connectivity index (χ1v) is 13.9.